The Labute approximate surface area is 133 Å². The second-order valence-corrected chi connectivity index (χ2v) is 6.02. The van der Waals surface area contributed by atoms with E-state index in [0.717, 1.165) is 12.5 Å². The van der Waals surface area contributed by atoms with Gasteiger partial charge in [-0.1, -0.05) is 18.9 Å². The molecule has 0 heterocycles. The van der Waals surface area contributed by atoms with E-state index >= 15 is 0 Å². The maximum Gasteiger partial charge on any atom is 0.303 e. The topological polar surface area (TPSA) is 66.4 Å². The van der Waals surface area contributed by atoms with Crippen LogP contribution in [0.25, 0.3) is 0 Å². The Morgan fingerprint density at radius 2 is 1.91 bits per heavy atom. The lowest BCUT2D eigenvalue weighted by Crippen LogP contribution is -2.50. The molecule has 0 radical (unpaired) electrons. The largest absolute Gasteiger partial charge is 0.481 e. The molecule has 0 bridgehead atoms. The molecule has 1 aromatic rings. The van der Waals surface area contributed by atoms with Crippen molar-refractivity contribution in [1.82, 2.24) is 5.32 Å². The highest BCUT2D eigenvalue weighted by molar-refractivity contribution is 5.89. The predicted octanol–water partition coefficient (Wildman–Crippen LogP) is 3.15. The van der Waals surface area contributed by atoms with Crippen LogP contribution in [0.2, 0.25) is 0 Å². The molecule has 1 saturated carbocycles. The molecule has 126 valence electrons. The molecule has 0 saturated heterocycles. The van der Waals surface area contributed by atoms with E-state index in [1.54, 1.807) is 0 Å². The summed E-state index contributed by atoms with van der Waals surface area (Å²) in [5.41, 5.74) is -0.632. The molecule has 0 aromatic heterocycles. The second-order valence-electron chi connectivity index (χ2n) is 6.02. The lowest BCUT2D eigenvalue weighted by Gasteiger charge is -2.40. The monoisotopic (exact) mass is 325 g/mol. The summed E-state index contributed by atoms with van der Waals surface area (Å²) in [4.78, 5) is 22.9. The van der Waals surface area contributed by atoms with Crippen molar-refractivity contribution in [3.05, 3.63) is 35.4 Å². The standard InChI is InChI=1S/C17H21F2NO3/c18-12-6-7-13(14(19)11-12)17(8-4-9-17)16(23)20-10-3-1-2-5-15(21)22/h6-7,11H,1-5,8-10H2,(H,20,23)(H,21,22). The van der Waals surface area contributed by atoms with Crippen molar-refractivity contribution < 1.29 is 23.5 Å². The number of nitrogens with one attached hydrogen (secondary N) is 1. The molecule has 0 atom stereocenters. The third-order valence-corrected chi connectivity index (χ3v) is 4.44. The first kappa shape index (κ1) is 17.4. The van der Waals surface area contributed by atoms with Gasteiger partial charge >= 0.3 is 5.97 Å². The SMILES string of the molecule is O=C(O)CCCCCNC(=O)C1(c2ccc(F)cc2F)CCC1. The summed E-state index contributed by atoms with van der Waals surface area (Å²) < 4.78 is 27.1. The Morgan fingerprint density at radius 3 is 2.48 bits per heavy atom. The lowest BCUT2D eigenvalue weighted by atomic mass is 9.63. The van der Waals surface area contributed by atoms with Crippen molar-refractivity contribution in [2.24, 2.45) is 0 Å². The maximum absolute atomic E-state index is 14.0. The van der Waals surface area contributed by atoms with Crippen molar-refractivity contribution in [2.75, 3.05) is 6.54 Å². The zero-order valence-electron chi connectivity index (χ0n) is 12.9. The Kier molecular flexibility index (Phi) is 5.69. The van der Waals surface area contributed by atoms with E-state index in [2.05, 4.69) is 5.32 Å². The van der Waals surface area contributed by atoms with Crippen molar-refractivity contribution in [3.8, 4) is 0 Å². The number of hydrogen-bond acceptors (Lipinski definition) is 2. The van der Waals surface area contributed by atoms with Gasteiger partial charge in [-0.15, -0.1) is 0 Å². The van der Waals surface area contributed by atoms with Crippen LogP contribution in [0, 0.1) is 11.6 Å². The molecule has 0 aliphatic heterocycles. The van der Waals surface area contributed by atoms with Crippen LogP contribution in [0.1, 0.15) is 50.5 Å². The maximum atomic E-state index is 14.0. The van der Waals surface area contributed by atoms with E-state index in [-0.39, 0.29) is 17.9 Å². The molecule has 6 heteroatoms. The summed E-state index contributed by atoms with van der Waals surface area (Å²) >= 11 is 0. The van der Waals surface area contributed by atoms with Crippen LogP contribution in [0.4, 0.5) is 8.78 Å². The van der Waals surface area contributed by atoms with Gasteiger partial charge in [0.25, 0.3) is 0 Å². The number of carbonyl (C=O) groups excluding carboxylic acids is 1. The average Bonchev–Trinajstić information content (AvgIpc) is 2.43. The summed E-state index contributed by atoms with van der Waals surface area (Å²) in [6.07, 6.45) is 4.04. The highest BCUT2D eigenvalue weighted by atomic mass is 19.1. The third kappa shape index (κ3) is 4.06. The number of benzene rings is 1. The number of rotatable bonds is 8. The Balaban J connectivity index is 1.90. The first-order valence-electron chi connectivity index (χ1n) is 7.91. The van der Waals surface area contributed by atoms with Crippen LogP contribution in [0.15, 0.2) is 18.2 Å². The minimum atomic E-state index is -0.890. The van der Waals surface area contributed by atoms with Gasteiger partial charge in [-0.05, 0) is 31.7 Å². The highest BCUT2D eigenvalue weighted by Crippen LogP contribution is 2.45. The van der Waals surface area contributed by atoms with E-state index in [1.165, 1.54) is 12.1 Å². The minimum Gasteiger partial charge on any atom is -0.481 e. The van der Waals surface area contributed by atoms with E-state index < -0.39 is 23.0 Å². The molecule has 0 spiro atoms. The molecule has 1 aromatic carbocycles. The van der Waals surface area contributed by atoms with Crippen LogP contribution in [-0.4, -0.2) is 23.5 Å². The van der Waals surface area contributed by atoms with Crippen molar-refractivity contribution in [3.63, 3.8) is 0 Å². The first-order chi connectivity index (χ1) is 11.0. The Hall–Kier alpha value is -1.98. The van der Waals surface area contributed by atoms with Crippen molar-refractivity contribution in [2.45, 2.75) is 50.4 Å². The van der Waals surface area contributed by atoms with Gasteiger partial charge in [0.2, 0.25) is 5.91 Å². The van der Waals surface area contributed by atoms with E-state index in [0.29, 0.717) is 38.6 Å². The molecule has 1 aliphatic rings. The van der Waals surface area contributed by atoms with Gasteiger partial charge in [-0.3, -0.25) is 9.59 Å². The normalized spacial score (nSPS) is 15.7. The molecular formula is C17H21F2NO3. The van der Waals surface area contributed by atoms with Gasteiger partial charge in [0.1, 0.15) is 11.6 Å². The number of carbonyl (C=O) groups is 2. The zero-order valence-corrected chi connectivity index (χ0v) is 12.9. The molecular weight excluding hydrogens is 304 g/mol. The molecule has 23 heavy (non-hydrogen) atoms. The van der Waals surface area contributed by atoms with Gasteiger partial charge in [-0.25, -0.2) is 8.78 Å². The Bertz CT molecular complexity index is 585. The minimum absolute atomic E-state index is 0.124. The third-order valence-electron chi connectivity index (χ3n) is 4.44. The fourth-order valence-corrected chi connectivity index (χ4v) is 2.98. The van der Waals surface area contributed by atoms with E-state index in [1.807, 2.05) is 0 Å². The number of hydrogen-bond donors (Lipinski definition) is 2. The van der Waals surface area contributed by atoms with Crippen LogP contribution in [0.5, 0.6) is 0 Å². The quantitative estimate of drug-likeness (QED) is 0.722. The number of aliphatic carboxylic acids is 1. The van der Waals surface area contributed by atoms with Crippen LogP contribution in [0.3, 0.4) is 0 Å². The van der Waals surface area contributed by atoms with Crippen LogP contribution < -0.4 is 5.32 Å². The predicted molar refractivity (Wildman–Crippen MR) is 81.0 cm³/mol. The molecule has 2 rings (SSSR count). The second kappa shape index (κ2) is 7.53. The van der Waals surface area contributed by atoms with Gasteiger partial charge in [0, 0.05) is 24.6 Å². The summed E-state index contributed by atoms with van der Waals surface area (Å²) in [6, 6.07) is 3.35. The number of unbranched alkanes of at least 4 members (excludes halogenated alkanes) is 2. The zero-order chi connectivity index (χ0) is 16.9. The molecule has 1 amide bonds. The molecule has 4 nitrogen and oxygen atoms in total. The Morgan fingerprint density at radius 1 is 1.17 bits per heavy atom. The summed E-state index contributed by atoms with van der Waals surface area (Å²) in [7, 11) is 0. The van der Waals surface area contributed by atoms with Crippen LogP contribution >= 0.6 is 0 Å². The first-order valence-corrected chi connectivity index (χ1v) is 7.91. The van der Waals surface area contributed by atoms with E-state index in [4.69, 9.17) is 5.11 Å². The molecule has 2 N–H and O–H groups in total. The summed E-state index contributed by atoms with van der Waals surface area (Å²) in [5, 5.41) is 11.4. The number of amides is 1. The average molecular weight is 325 g/mol. The van der Waals surface area contributed by atoms with Gasteiger partial charge < -0.3 is 10.4 Å². The highest BCUT2D eigenvalue weighted by Gasteiger charge is 2.47. The van der Waals surface area contributed by atoms with Crippen LogP contribution in [-0.2, 0) is 15.0 Å². The van der Waals surface area contributed by atoms with E-state index in [9.17, 15) is 18.4 Å². The summed E-state index contributed by atoms with van der Waals surface area (Å²) in [5.74, 6) is -2.39. The lowest BCUT2D eigenvalue weighted by molar-refractivity contribution is -0.137. The molecule has 1 fully saturated rings. The molecule has 0 unspecified atom stereocenters. The van der Waals surface area contributed by atoms with Gasteiger partial charge in [-0.2, -0.15) is 0 Å². The van der Waals surface area contributed by atoms with Gasteiger partial charge in [0.15, 0.2) is 0 Å². The molecule has 1 aliphatic carbocycles. The fraction of sp³-hybridized carbons (Fsp3) is 0.529. The number of carboxylic acid groups (broad SMARTS) is 1. The van der Waals surface area contributed by atoms with Crippen molar-refractivity contribution in [1.29, 1.82) is 0 Å². The summed E-state index contributed by atoms with van der Waals surface area (Å²) in [6.45, 7) is 0.434. The van der Waals surface area contributed by atoms with Crippen molar-refractivity contribution >= 4 is 11.9 Å². The smallest absolute Gasteiger partial charge is 0.303 e. The number of carboxylic acids is 1. The van der Waals surface area contributed by atoms with Gasteiger partial charge in [0.05, 0.1) is 5.41 Å². The number of halogens is 2. The fourth-order valence-electron chi connectivity index (χ4n) is 2.98.